The molecule has 0 saturated heterocycles. The first kappa shape index (κ1) is 25.5. The Morgan fingerprint density at radius 2 is 1.78 bits per heavy atom. The number of aryl methyl sites for hydroxylation is 4. The zero-order valence-corrected chi connectivity index (χ0v) is 21.9. The number of carbonyl (C=O) groups excluding carboxylic acids is 1. The highest BCUT2D eigenvalue weighted by atomic mass is 16.5. The fourth-order valence-electron chi connectivity index (χ4n) is 4.54. The largest absolute Gasteiger partial charge is 0.494 e. The number of hydrogen-bond donors (Lipinski definition) is 1. The fraction of sp³-hybridized carbons (Fsp3) is 0.355. The van der Waals surface area contributed by atoms with Crippen LogP contribution in [0.5, 0.6) is 5.75 Å². The van der Waals surface area contributed by atoms with E-state index in [1.165, 1.54) is 5.56 Å². The van der Waals surface area contributed by atoms with E-state index in [0.717, 1.165) is 65.1 Å². The van der Waals surface area contributed by atoms with E-state index >= 15 is 0 Å². The van der Waals surface area contributed by atoms with Crippen LogP contribution in [0, 0.1) is 13.8 Å². The van der Waals surface area contributed by atoms with Gasteiger partial charge in [0.1, 0.15) is 11.6 Å². The molecule has 188 valence electrons. The minimum atomic E-state index is -0.0143. The molecule has 0 aliphatic rings. The molecule has 0 aliphatic carbocycles. The van der Waals surface area contributed by atoms with Crippen molar-refractivity contribution < 1.29 is 9.53 Å². The number of imidazole rings is 1. The lowest BCUT2D eigenvalue weighted by Crippen LogP contribution is -2.25. The van der Waals surface area contributed by atoms with E-state index in [1.54, 1.807) is 0 Å². The van der Waals surface area contributed by atoms with Crippen LogP contribution >= 0.6 is 0 Å². The highest BCUT2D eigenvalue weighted by molar-refractivity contribution is 5.95. The molecule has 5 nitrogen and oxygen atoms in total. The van der Waals surface area contributed by atoms with Crippen LogP contribution in [-0.4, -0.2) is 28.6 Å². The Bertz CT molecular complexity index is 1310. The highest BCUT2D eigenvalue weighted by Crippen LogP contribution is 2.20. The summed E-state index contributed by atoms with van der Waals surface area (Å²) in [6.45, 7) is 10.5. The first-order valence-electron chi connectivity index (χ1n) is 12.9. The van der Waals surface area contributed by atoms with Gasteiger partial charge in [0.05, 0.1) is 17.6 Å². The molecule has 1 N–H and O–H groups in total. The maximum atomic E-state index is 12.6. The Hall–Kier alpha value is -3.60. The average molecular weight is 484 g/mol. The number of aromatic nitrogens is 2. The number of ether oxygens (including phenoxy) is 1. The van der Waals surface area contributed by atoms with Crippen molar-refractivity contribution >= 4 is 16.9 Å². The quantitative estimate of drug-likeness (QED) is 0.244. The average Bonchev–Trinajstić information content (AvgIpc) is 3.22. The van der Waals surface area contributed by atoms with Gasteiger partial charge >= 0.3 is 0 Å². The smallest absolute Gasteiger partial charge is 0.251 e. The van der Waals surface area contributed by atoms with Gasteiger partial charge in [0.25, 0.3) is 5.91 Å². The second kappa shape index (κ2) is 11.9. The maximum absolute atomic E-state index is 12.6. The van der Waals surface area contributed by atoms with Gasteiger partial charge in [-0.15, -0.1) is 0 Å². The topological polar surface area (TPSA) is 56.2 Å². The van der Waals surface area contributed by atoms with Crippen LogP contribution in [0.4, 0.5) is 0 Å². The van der Waals surface area contributed by atoms with Crippen LogP contribution < -0.4 is 10.1 Å². The molecule has 3 aromatic carbocycles. The predicted molar refractivity (Wildman–Crippen MR) is 147 cm³/mol. The SMILES string of the molecule is Cc1ccc(C(=O)NCCCc2nc3ccccc3n2CCCOc2ccc(C(C)C)cc2)c(C)c1. The van der Waals surface area contributed by atoms with Gasteiger partial charge in [-0.05, 0) is 74.1 Å². The molecule has 4 aromatic rings. The van der Waals surface area contributed by atoms with Crippen molar-refractivity contribution in [1.82, 2.24) is 14.9 Å². The van der Waals surface area contributed by atoms with Gasteiger partial charge in [-0.25, -0.2) is 4.98 Å². The lowest BCUT2D eigenvalue weighted by atomic mass is 10.0. The van der Waals surface area contributed by atoms with Gasteiger partial charge in [-0.3, -0.25) is 4.79 Å². The third-order valence-corrected chi connectivity index (χ3v) is 6.56. The number of para-hydroxylation sites is 2. The molecule has 0 aliphatic heterocycles. The van der Waals surface area contributed by atoms with E-state index in [4.69, 9.17) is 9.72 Å². The van der Waals surface area contributed by atoms with Crippen molar-refractivity contribution in [2.24, 2.45) is 0 Å². The van der Waals surface area contributed by atoms with E-state index in [-0.39, 0.29) is 5.91 Å². The molecule has 36 heavy (non-hydrogen) atoms. The minimum Gasteiger partial charge on any atom is -0.494 e. The Kier molecular flexibility index (Phi) is 8.42. The van der Waals surface area contributed by atoms with Gasteiger partial charge < -0.3 is 14.6 Å². The lowest BCUT2D eigenvalue weighted by Gasteiger charge is -2.12. The van der Waals surface area contributed by atoms with Crippen LogP contribution in [0.25, 0.3) is 11.0 Å². The number of fused-ring (bicyclic) bond motifs is 1. The molecule has 0 atom stereocenters. The molecule has 0 saturated carbocycles. The van der Waals surface area contributed by atoms with E-state index in [1.807, 2.05) is 38.1 Å². The van der Waals surface area contributed by atoms with Crippen molar-refractivity contribution in [3.63, 3.8) is 0 Å². The van der Waals surface area contributed by atoms with E-state index in [0.29, 0.717) is 19.1 Å². The summed E-state index contributed by atoms with van der Waals surface area (Å²) in [5.41, 5.74) is 6.39. The monoisotopic (exact) mass is 483 g/mol. The Labute approximate surface area is 214 Å². The Balaban J connectivity index is 1.32. The molecule has 0 radical (unpaired) electrons. The molecule has 0 spiro atoms. The standard InChI is InChI=1S/C31H37N3O2/c1-22(2)25-13-15-26(16-14-25)36-20-8-19-34-29-10-6-5-9-28(29)33-30(34)11-7-18-32-31(35)27-17-12-23(3)21-24(27)4/h5-6,9-10,12-17,21-22H,7-8,11,18-20H2,1-4H3,(H,32,35). The van der Waals surface area contributed by atoms with Crippen LogP contribution in [-0.2, 0) is 13.0 Å². The zero-order valence-electron chi connectivity index (χ0n) is 21.9. The number of benzene rings is 3. The van der Waals surface area contributed by atoms with Crippen LogP contribution in [0.2, 0.25) is 0 Å². The molecule has 1 heterocycles. The summed E-state index contributed by atoms with van der Waals surface area (Å²) in [4.78, 5) is 17.5. The summed E-state index contributed by atoms with van der Waals surface area (Å²) < 4.78 is 8.29. The molecule has 0 fully saturated rings. The van der Waals surface area contributed by atoms with Gasteiger partial charge in [0, 0.05) is 25.1 Å². The normalized spacial score (nSPS) is 11.2. The second-order valence-electron chi connectivity index (χ2n) is 9.77. The van der Waals surface area contributed by atoms with Gasteiger partial charge in [0.15, 0.2) is 0 Å². The third-order valence-electron chi connectivity index (χ3n) is 6.56. The van der Waals surface area contributed by atoms with Crippen molar-refractivity contribution in [2.45, 2.75) is 59.4 Å². The number of amides is 1. The summed E-state index contributed by atoms with van der Waals surface area (Å²) in [6, 6.07) is 22.6. The Morgan fingerprint density at radius 3 is 2.53 bits per heavy atom. The molecule has 4 rings (SSSR count). The molecular formula is C31H37N3O2. The summed E-state index contributed by atoms with van der Waals surface area (Å²) in [5.74, 6) is 2.47. The number of nitrogens with zero attached hydrogens (tertiary/aromatic N) is 2. The number of carbonyl (C=O) groups is 1. The van der Waals surface area contributed by atoms with Crippen LogP contribution in [0.15, 0.2) is 66.7 Å². The number of nitrogens with one attached hydrogen (secondary N) is 1. The predicted octanol–water partition coefficient (Wildman–Crippen LogP) is 6.61. The summed E-state index contributed by atoms with van der Waals surface area (Å²) in [7, 11) is 0. The molecule has 0 unspecified atom stereocenters. The minimum absolute atomic E-state index is 0.0143. The highest BCUT2D eigenvalue weighted by Gasteiger charge is 2.12. The molecular weight excluding hydrogens is 446 g/mol. The van der Waals surface area contributed by atoms with Crippen molar-refractivity contribution in [3.05, 3.63) is 94.8 Å². The van der Waals surface area contributed by atoms with E-state index in [9.17, 15) is 4.79 Å². The summed E-state index contributed by atoms with van der Waals surface area (Å²) in [6.07, 6.45) is 2.53. The summed E-state index contributed by atoms with van der Waals surface area (Å²) >= 11 is 0. The van der Waals surface area contributed by atoms with Crippen molar-refractivity contribution in [2.75, 3.05) is 13.2 Å². The maximum Gasteiger partial charge on any atom is 0.251 e. The van der Waals surface area contributed by atoms with Gasteiger partial charge in [0.2, 0.25) is 0 Å². The van der Waals surface area contributed by atoms with Crippen LogP contribution in [0.3, 0.4) is 0 Å². The van der Waals surface area contributed by atoms with Crippen molar-refractivity contribution in [3.8, 4) is 5.75 Å². The van der Waals surface area contributed by atoms with E-state index in [2.05, 4.69) is 66.2 Å². The van der Waals surface area contributed by atoms with Gasteiger partial charge in [-0.2, -0.15) is 0 Å². The third kappa shape index (κ3) is 6.34. The van der Waals surface area contributed by atoms with E-state index < -0.39 is 0 Å². The first-order chi connectivity index (χ1) is 17.4. The van der Waals surface area contributed by atoms with Crippen molar-refractivity contribution in [1.29, 1.82) is 0 Å². The molecule has 1 amide bonds. The van der Waals surface area contributed by atoms with Gasteiger partial charge in [-0.1, -0.05) is 55.8 Å². The second-order valence-corrected chi connectivity index (χ2v) is 9.77. The zero-order chi connectivity index (χ0) is 25.5. The summed E-state index contributed by atoms with van der Waals surface area (Å²) in [5, 5.41) is 3.07. The first-order valence-corrected chi connectivity index (χ1v) is 12.9. The molecule has 0 bridgehead atoms. The number of hydrogen-bond acceptors (Lipinski definition) is 3. The Morgan fingerprint density at radius 1 is 1.00 bits per heavy atom. The number of rotatable bonds is 11. The lowest BCUT2D eigenvalue weighted by molar-refractivity contribution is 0.0952. The molecule has 1 aromatic heterocycles. The molecule has 5 heteroatoms. The fourth-order valence-corrected chi connectivity index (χ4v) is 4.54. The van der Waals surface area contributed by atoms with Crippen LogP contribution in [0.1, 0.15) is 65.5 Å².